The fourth-order valence-corrected chi connectivity index (χ4v) is 3.88. The number of aromatic nitrogens is 2. The summed E-state index contributed by atoms with van der Waals surface area (Å²) < 4.78 is 27.8. The van der Waals surface area contributed by atoms with Gasteiger partial charge in [0.05, 0.1) is 6.20 Å². The van der Waals surface area contributed by atoms with Crippen molar-refractivity contribution in [3.63, 3.8) is 0 Å². The van der Waals surface area contributed by atoms with Crippen LogP contribution < -0.4 is 5.73 Å². The fraction of sp³-hybridized carbons (Fsp3) is 0.700. The molecule has 1 atom stereocenters. The molecule has 0 saturated carbocycles. The fourth-order valence-electron chi connectivity index (χ4n) is 2.19. The average molecular weight is 295 g/mol. The molecule has 1 aromatic rings. The molecular weight excluding hydrogens is 276 g/mol. The van der Waals surface area contributed by atoms with Crippen molar-refractivity contribution < 1.29 is 8.42 Å². The molecule has 1 unspecified atom stereocenters. The van der Waals surface area contributed by atoms with E-state index >= 15 is 0 Å². The Kier molecular flexibility index (Phi) is 5.15. The summed E-state index contributed by atoms with van der Waals surface area (Å²) in [5, 5.41) is 3.91. The Morgan fingerprint density at radius 2 is 2.22 bits per heavy atom. The van der Waals surface area contributed by atoms with Crippen LogP contribution in [0.2, 0.25) is 0 Å². The number of halogens is 1. The van der Waals surface area contributed by atoms with E-state index in [1.165, 1.54) is 21.4 Å². The van der Waals surface area contributed by atoms with Crippen LogP contribution >= 0.6 is 12.4 Å². The van der Waals surface area contributed by atoms with Crippen molar-refractivity contribution in [2.75, 3.05) is 13.1 Å². The molecule has 1 aliphatic heterocycles. The molecule has 2 heterocycles. The zero-order valence-corrected chi connectivity index (χ0v) is 12.0. The Hall–Kier alpha value is -0.630. The Bertz CT molecular complexity index is 488. The number of nitrogens with zero attached hydrogens (tertiary/aromatic N) is 3. The Morgan fingerprint density at radius 1 is 1.50 bits per heavy atom. The quantitative estimate of drug-likeness (QED) is 0.872. The van der Waals surface area contributed by atoms with E-state index in [-0.39, 0.29) is 23.3 Å². The second kappa shape index (κ2) is 6.01. The summed E-state index contributed by atoms with van der Waals surface area (Å²) >= 11 is 0. The first-order valence-corrected chi connectivity index (χ1v) is 7.20. The predicted octanol–water partition coefficient (Wildman–Crippen LogP) is 0.344. The largest absolute Gasteiger partial charge is 0.329 e. The summed E-state index contributed by atoms with van der Waals surface area (Å²) in [5.41, 5.74) is 5.65. The number of nitrogens with two attached hydrogens (primary N) is 1. The van der Waals surface area contributed by atoms with E-state index in [1.54, 1.807) is 7.05 Å². The lowest BCUT2D eigenvalue weighted by Crippen LogP contribution is -2.47. The topological polar surface area (TPSA) is 81.2 Å². The van der Waals surface area contributed by atoms with Crippen LogP contribution in [0.5, 0.6) is 0 Å². The maximum Gasteiger partial charge on any atom is 0.246 e. The number of hydrogen-bond acceptors (Lipinski definition) is 4. The van der Waals surface area contributed by atoms with Gasteiger partial charge in [0.15, 0.2) is 0 Å². The van der Waals surface area contributed by atoms with Crippen LogP contribution in [0.1, 0.15) is 19.3 Å². The number of piperidine rings is 1. The molecule has 0 spiro atoms. The van der Waals surface area contributed by atoms with Gasteiger partial charge < -0.3 is 5.73 Å². The van der Waals surface area contributed by atoms with Crippen LogP contribution in [0.15, 0.2) is 17.3 Å². The third-order valence-electron chi connectivity index (χ3n) is 3.13. The van der Waals surface area contributed by atoms with E-state index < -0.39 is 10.0 Å². The number of aryl methyl sites for hydroxylation is 1. The van der Waals surface area contributed by atoms with Gasteiger partial charge >= 0.3 is 0 Å². The lowest BCUT2D eigenvalue weighted by atomic mass is 10.1. The van der Waals surface area contributed by atoms with Crippen molar-refractivity contribution >= 4 is 22.4 Å². The van der Waals surface area contributed by atoms with Crippen molar-refractivity contribution in [2.24, 2.45) is 12.8 Å². The van der Waals surface area contributed by atoms with E-state index in [0.717, 1.165) is 19.3 Å². The van der Waals surface area contributed by atoms with Crippen molar-refractivity contribution in [3.05, 3.63) is 12.4 Å². The summed E-state index contributed by atoms with van der Waals surface area (Å²) in [4.78, 5) is 0.250. The number of hydrogen-bond donors (Lipinski definition) is 1. The monoisotopic (exact) mass is 294 g/mol. The minimum atomic E-state index is -3.43. The van der Waals surface area contributed by atoms with Gasteiger partial charge in [-0.05, 0) is 12.8 Å². The second-order valence-corrected chi connectivity index (χ2v) is 6.24. The van der Waals surface area contributed by atoms with E-state index in [0.29, 0.717) is 13.1 Å². The van der Waals surface area contributed by atoms with E-state index in [2.05, 4.69) is 5.10 Å². The minimum absolute atomic E-state index is 0. The lowest BCUT2D eigenvalue weighted by molar-refractivity contribution is 0.257. The molecule has 104 valence electrons. The normalized spacial score (nSPS) is 21.6. The molecule has 2 N–H and O–H groups in total. The second-order valence-electron chi connectivity index (χ2n) is 4.35. The van der Waals surface area contributed by atoms with Crippen LogP contribution in [-0.4, -0.2) is 41.6 Å². The summed E-state index contributed by atoms with van der Waals surface area (Å²) in [6.07, 6.45) is 5.70. The highest BCUT2D eigenvalue weighted by atomic mass is 35.5. The summed E-state index contributed by atoms with van der Waals surface area (Å²) in [6, 6.07) is -0.0750. The first kappa shape index (κ1) is 15.4. The van der Waals surface area contributed by atoms with Gasteiger partial charge in [-0.1, -0.05) is 6.42 Å². The van der Waals surface area contributed by atoms with Crippen LogP contribution in [0.25, 0.3) is 0 Å². The zero-order chi connectivity index (χ0) is 12.5. The Morgan fingerprint density at radius 3 is 2.78 bits per heavy atom. The van der Waals surface area contributed by atoms with Crippen LogP contribution in [-0.2, 0) is 17.1 Å². The maximum atomic E-state index is 12.4. The summed E-state index contributed by atoms with van der Waals surface area (Å²) in [5.74, 6) is 0. The van der Waals surface area contributed by atoms with E-state index in [9.17, 15) is 8.42 Å². The Labute approximate surface area is 114 Å². The molecule has 8 heteroatoms. The van der Waals surface area contributed by atoms with Crippen molar-refractivity contribution in [3.8, 4) is 0 Å². The van der Waals surface area contributed by atoms with Crippen molar-refractivity contribution in [2.45, 2.75) is 30.2 Å². The molecule has 18 heavy (non-hydrogen) atoms. The molecule has 0 radical (unpaired) electrons. The average Bonchev–Trinajstić information content (AvgIpc) is 2.76. The van der Waals surface area contributed by atoms with Gasteiger partial charge in [-0.15, -0.1) is 12.4 Å². The molecule has 1 aliphatic rings. The van der Waals surface area contributed by atoms with Gasteiger partial charge in [0.2, 0.25) is 10.0 Å². The molecule has 0 aromatic carbocycles. The number of rotatable bonds is 3. The van der Waals surface area contributed by atoms with Gasteiger partial charge in [-0.2, -0.15) is 9.40 Å². The van der Waals surface area contributed by atoms with Gasteiger partial charge in [-0.25, -0.2) is 8.42 Å². The highest BCUT2D eigenvalue weighted by molar-refractivity contribution is 7.89. The smallest absolute Gasteiger partial charge is 0.246 e. The first-order chi connectivity index (χ1) is 8.05. The van der Waals surface area contributed by atoms with Crippen LogP contribution in [0, 0.1) is 0 Å². The van der Waals surface area contributed by atoms with Crippen LogP contribution in [0.4, 0.5) is 0 Å². The molecule has 0 bridgehead atoms. The van der Waals surface area contributed by atoms with E-state index in [4.69, 9.17) is 5.73 Å². The molecule has 1 saturated heterocycles. The lowest BCUT2D eigenvalue weighted by Gasteiger charge is -2.33. The molecule has 6 nitrogen and oxygen atoms in total. The summed E-state index contributed by atoms with van der Waals surface area (Å²) in [6.45, 7) is 0.929. The van der Waals surface area contributed by atoms with Crippen molar-refractivity contribution in [1.29, 1.82) is 0 Å². The number of sulfonamides is 1. The highest BCUT2D eigenvalue weighted by Crippen LogP contribution is 2.24. The summed E-state index contributed by atoms with van der Waals surface area (Å²) in [7, 11) is -1.73. The molecular formula is C10H19ClN4O2S. The van der Waals surface area contributed by atoms with Gasteiger partial charge in [0.1, 0.15) is 4.90 Å². The van der Waals surface area contributed by atoms with Crippen molar-refractivity contribution in [1.82, 2.24) is 14.1 Å². The van der Waals surface area contributed by atoms with E-state index in [1.807, 2.05) is 0 Å². The van der Waals surface area contributed by atoms with Gasteiger partial charge in [-0.3, -0.25) is 4.68 Å². The highest BCUT2D eigenvalue weighted by Gasteiger charge is 2.33. The zero-order valence-electron chi connectivity index (χ0n) is 10.3. The minimum Gasteiger partial charge on any atom is -0.329 e. The molecule has 0 amide bonds. The van der Waals surface area contributed by atoms with Gasteiger partial charge in [0.25, 0.3) is 0 Å². The molecule has 2 rings (SSSR count). The molecule has 0 aliphatic carbocycles. The molecule has 1 fully saturated rings. The third-order valence-corrected chi connectivity index (χ3v) is 5.04. The van der Waals surface area contributed by atoms with Gasteiger partial charge in [0, 0.05) is 32.4 Å². The standard InChI is InChI=1S/C10H18N4O2S.ClH/c1-13-8-10(7-12-13)17(15,16)14-5-3-2-4-9(14)6-11;/h7-9H,2-6,11H2,1H3;1H. The molecule has 1 aromatic heterocycles. The maximum absolute atomic E-state index is 12.4. The third kappa shape index (κ3) is 2.85. The predicted molar refractivity (Wildman–Crippen MR) is 71.0 cm³/mol. The Balaban J connectivity index is 0.00000162. The van der Waals surface area contributed by atoms with Crippen LogP contribution in [0.3, 0.4) is 0 Å². The first-order valence-electron chi connectivity index (χ1n) is 5.76. The SMILES string of the molecule is Cl.Cn1cc(S(=O)(=O)N2CCCCC2CN)cn1.